The Kier molecular flexibility index (Phi) is 3.34. The molecule has 0 saturated heterocycles. The maximum atomic E-state index is 13.5. The van der Waals surface area contributed by atoms with Gasteiger partial charge in [0.15, 0.2) is 17.4 Å². The van der Waals surface area contributed by atoms with Gasteiger partial charge in [0, 0.05) is 17.8 Å². The average molecular weight is 260 g/mol. The van der Waals surface area contributed by atoms with Crippen LogP contribution < -0.4 is 10.5 Å². The number of ether oxygens (including phenoxy) is 1. The van der Waals surface area contributed by atoms with Crippen molar-refractivity contribution in [3.05, 3.63) is 53.1 Å². The molecule has 3 nitrogen and oxygen atoms in total. The minimum Gasteiger partial charge on any atom is -0.451 e. The van der Waals surface area contributed by atoms with Crippen LogP contribution in [0.1, 0.15) is 11.1 Å². The molecule has 0 radical (unpaired) electrons. The Morgan fingerprint density at radius 1 is 1.16 bits per heavy atom. The zero-order chi connectivity index (χ0) is 14.0. The SMILES string of the molecule is Cc1ccc(Oc2c(F)cc(N)cc2F)cc1C#N. The standard InChI is InChI=1S/C14H10F2N2O/c1-8-2-3-11(4-9(8)7-17)19-14-12(15)5-10(18)6-13(14)16/h2-6H,18H2,1H3. The molecule has 0 aliphatic heterocycles. The molecule has 5 heteroatoms. The van der Waals surface area contributed by atoms with Crippen LogP contribution in [0.15, 0.2) is 30.3 Å². The van der Waals surface area contributed by atoms with Gasteiger partial charge in [-0.1, -0.05) is 6.07 Å². The highest BCUT2D eigenvalue weighted by atomic mass is 19.1. The summed E-state index contributed by atoms with van der Waals surface area (Å²) in [7, 11) is 0. The van der Waals surface area contributed by atoms with E-state index in [0.29, 0.717) is 5.56 Å². The smallest absolute Gasteiger partial charge is 0.198 e. The van der Waals surface area contributed by atoms with E-state index in [4.69, 9.17) is 15.7 Å². The van der Waals surface area contributed by atoms with Crippen molar-refractivity contribution in [2.45, 2.75) is 6.92 Å². The first kappa shape index (κ1) is 12.8. The van der Waals surface area contributed by atoms with E-state index in [1.54, 1.807) is 13.0 Å². The van der Waals surface area contributed by atoms with Crippen LogP contribution in [0.5, 0.6) is 11.5 Å². The zero-order valence-corrected chi connectivity index (χ0v) is 10.1. The number of rotatable bonds is 2. The minimum absolute atomic E-state index is 0.0241. The third-order valence-electron chi connectivity index (χ3n) is 2.57. The third-order valence-corrected chi connectivity index (χ3v) is 2.57. The summed E-state index contributed by atoms with van der Waals surface area (Å²) in [5, 5.41) is 8.88. The molecule has 0 spiro atoms. The Labute approximate surface area is 108 Å². The topological polar surface area (TPSA) is 59.0 Å². The van der Waals surface area contributed by atoms with Crippen LogP contribution in [0.4, 0.5) is 14.5 Å². The van der Waals surface area contributed by atoms with Gasteiger partial charge in [0.1, 0.15) is 5.75 Å². The summed E-state index contributed by atoms with van der Waals surface area (Å²) in [6, 6.07) is 8.51. The van der Waals surface area contributed by atoms with E-state index in [1.165, 1.54) is 12.1 Å². The van der Waals surface area contributed by atoms with Crippen LogP contribution in [-0.2, 0) is 0 Å². The molecule has 0 heterocycles. The fraction of sp³-hybridized carbons (Fsp3) is 0.0714. The molecule has 0 aromatic heterocycles. The van der Waals surface area contributed by atoms with Gasteiger partial charge in [-0.25, -0.2) is 8.78 Å². The van der Waals surface area contributed by atoms with Crippen molar-refractivity contribution in [3.8, 4) is 17.6 Å². The molecule has 0 aliphatic rings. The quantitative estimate of drug-likeness (QED) is 0.840. The second kappa shape index (κ2) is 4.94. The van der Waals surface area contributed by atoms with Crippen molar-refractivity contribution in [3.63, 3.8) is 0 Å². The first-order valence-electron chi connectivity index (χ1n) is 5.44. The number of aryl methyl sites for hydroxylation is 1. The molecule has 96 valence electrons. The predicted molar refractivity (Wildman–Crippen MR) is 66.7 cm³/mol. The van der Waals surface area contributed by atoms with Crippen molar-refractivity contribution in [2.75, 3.05) is 5.73 Å². The molecule has 19 heavy (non-hydrogen) atoms. The number of hydrogen-bond acceptors (Lipinski definition) is 3. The number of anilines is 1. The molecule has 2 aromatic rings. The van der Waals surface area contributed by atoms with Crippen LogP contribution in [0.25, 0.3) is 0 Å². The van der Waals surface area contributed by atoms with E-state index in [2.05, 4.69) is 0 Å². The van der Waals surface area contributed by atoms with Gasteiger partial charge < -0.3 is 10.5 Å². The van der Waals surface area contributed by atoms with Gasteiger partial charge in [0.2, 0.25) is 0 Å². The average Bonchev–Trinajstić information content (AvgIpc) is 2.35. The van der Waals surface area contributed by atoms with E-state index in [-0.39, 0.29) is 11.4 Å². The van der Waals surface area contributed by atoms with Crippen molar-refractivity contribution in [1.29, 1.82) is 5.26 Å². The highest BCUT2D eigenvalue weighted by molar-refractivity contribution is 5.47. The summed E-state index contributed by atoms with van der Waals surface area (Å²) in [6.45, 7) is 1.76. The Morgan fingerprint density at radius 3 is 2.37 bits per heavy atom. The molecule has 2 N–H and O–H groups in total. The molecule has 0 saturated carbocycles. The summed E-state index contributed by atoms with van der Waals surface area (Å²) >= 11 is 0. The van der Waals surface area contributed by atoms with Gasteiger partial charge >= 0.3 is 0 Å². The lowest BCUT2D eigenvalue weighted by atomic mass is 10.1. The molecular weight excluding hydrogens is 250 g/mol. The summed E-state index contributed by atoms with van der Waals surface area (Å²) in [5.41, 5.74) is 6.43. The van der Waals surface area contributed by atoms with Crippen LogP contribution in [0.2, 0.25) is 0 Å². The van der Waals surface area contributed by atoms with Gasteiger partial charge in [-0.3, -0.25) is 0 Å². The fourth-order valence-electron chi connectivity index (χ4n) is 1.58. The highest BCUT2D eigenvalue weighted by Crippen LogP contribution is 2.30. The van der Waals surface area contributed by atoms with Gasteiger partial charge in [-0.05, 0) is 24.6 Å². The second-order valence-corrected chi connectivity index (χ2v) is 4.00. The Balaban J connectivity index is 2.40. The number of nitrogens with two attached hydrogens (primary N) is 1. The maximum Gasteiger partial charge on any atom is 0.198 e. The highest BCUT2D eigenvalue weighted by Gasteiger charge is 2.13. The van der Waals surface area contributed by atoms with Gasteiger partial charge in [-0.2, -0.15) is 5.26 Å². The number of benzene rings is 2. The van der Waals surface area contributed by atoms with Crippen LogP contribution in [-0.4, -0.2) is 0 Å². The van der Waals surface area contributed by atoms with E-state index in [1.807, 2.05) is 6.07 Å². The normalized spacial score (nSPS) is 10.0. The van der Waals surface area contributed by atoms with E-state index < -0.39 is 17.4 Å². The fourth-order valence-corrected chi connectivity index (χ4v) is 1.58. The van der Waals surface area contributed by atoms with Gasteiger partial charge in [-0.15, -0.1) is 0 Å². The van der Waals surface area contributed by atoms with E-state index in [9.17, 15) is 8.78 Å². The summed E-state index contributed by atoms with van der Waals surface area (Å²) in [6.07, 6.45) is 0. The first-order chi connectivity index (χ1) is 9.01. The lowest BCUT2D eigenvalue weighted by Crippen LogP contribution is -1.96. The predicted octanol–water partition coefficient (Wildman–Crippen LogP) is 3.52. The third kappa shape index (κ3) is 2.63. The number of nitriles is 1. The van der Waals surface area contributed by atoms with Gasteiger partial charge in [0.25, 0.3) is 0 Å². The minimum atomic E-state index is -0.892. The first-order valence-corrected chi connectivity index (χ1v) is 5.44. The number of halogens is 2. The summed E-state index contributed by atoms with van der Waals surface area (Å²) < 4.78 is 32.2. The number of nitrogens with zero attached hydrogens (tertiary/aromatic N) is 1. The van der Waals surface area contributed by atoms with Crippen molar-refractivity contribution < 1.29 is 13.5 Å². The van der Waals surface area contributed by atoms with Crippen LogP contribution >= 0.6 is 0 Å². The Hall–Kier alpha value is -2.61. The Bertz CT molecular complexity index is 655. The van der Waals surface area contributed by atoms with Crippen molar-refractivity contribution in [2.24, 2.45) is 0 Å². The number of nitrogen functional groups attached to an aromatic ring is 1. The lowest BCUT2D eigenvalue weighted by molar-refractivity contribution is 0.408. The largest absolute Gasteiger partial charge is 0.451 e. The molecule has 0 atom stereocenters. The van der Waals surface area contributed by atoms with Gasteiger partial charge in [0.05, 0.1) is 11.6 Å². The number of hydrogen-bond donors (Lipinski definition) is 1. The van der Waals surface area contributed by atoms with Crippen LogP contribution in [0.3, 0.4) is 0 Å². The Morgan fingerprint density at radius 2 is 1.79 bits per heavy atom. The summed E-state index contributed by atoms with van der Waals surface area (Å²) in [5.74, 6) is -2.14. The lowest BCUT2D eigenvalue weighted by Gasteiger charge is -2.09. The molecule has 0 bridgehead atoms. The van der Waals surface area contributed by atoms with Crippen LogP contribution in [0, 0.1) is 29.9 Å². The monoisotopic (exact) mass is 260 g/mol. The zero-order valence-electron chi connectivity index (χ0n) is 10.1. The molecule has 2 aromatic carbocycles. The molecule has 0 aliphatic carbocycles. The second-order valence-electron chi connectivity index (χ2n) is 4.00. The maximum absolute atomic E-state index is 13.5. The van der Waals surface area contributed by atoms with E-state index >= 15 is 0 Å². The summed E-state index contributed by atoms with van der Waals surface area (Å²) in [4.78, 5) is 0. The van der Waals surface area contributed by atoms with Crippen molar-refractivity contribution >= 4 is 5.69 Å². The molecule has 0 unspecified atom stereocenters. The molecule has 0 fully saturated rings. The van der Waals surface area contributed by atoms with E-state index in [0.717, 1.165) is 17.7 Å². The molecular formula is C14H10F2N2O. The molecule has 2 rings (SSSR count). The van der Waals surface area contributed by atoms with Crippen molar-refractivity contribution in [1.82, 2.24) is 0 Å². The molecule has 0 amide bonds.